The lowest BCUT2D eigenvalue weighted by atomic mass is 9.96. The number of benzene rings is 3. The van der Waals surface area contributed by atoms with E-state index in [9.17, 15) is 18.5 Å². The van der Waals surface area contributed by atoms with Crippen LogP contribution in [0.15, 0.2) is 83.8 Å². The third-order valence-electron chi connectivity index (χ3n) is 5.88. The van der Waals surface area contributed by atoms with E-state index in [1.54, 1.807) is 6.92 Å². The molecular weight excluding hydrogens is 426 g/mol. The predicted octanol–water partition coefficient (Wildman–Crippen LogP) is 4.00. The van der Waals surface area contributed by atoms with Gasteiger partial charge in [0.1, 0.15) is 0 Å². The van der Waals surface area contributed by atoms with Crippen LogP contribution in [0.3, 0.4) is 0 Å². The Kier molecular flexibility index (Phi) is 6.36. The van der Waals surface area contributed by atoms with Gasteiger partial charge in [-0.15, -0.1) is 0 Å². The van der Waals surface area contributed by atoms with Crippen LogP contribution in [0.2, 0.25) is 0 Å². The average molecular weight is 452 g/mol. The average Bonchev–Trinajstić information content (AvgIpc) is 2.81. The van der Waals surface area contributed by atoms with E-state index in [1.165, 1.54) is 16.4 Å². The first-order chi connectivity index (χ1) is 15.4. The number of rotatable bonds is 6. The molecule has 1 aliphatic heterocycles. The number of hydrogen-bond acceptors (Lipinski definition) is 5. The number of sulfonamides is 1. The molecule has 1 fully saturated rings. The molecule has 0 aliphatic carbocycles. The molecule has 1 saturated heterocycles. The molecular formula is C24H25N3O4S. The molecule has 3 aromatic carbocycles. The van der Waals surface area contributed by atoms with E-state index in [4.69, 9.17) is 0 Å². The molecule has 4 rings (SSSR count). The van der Waals surface area contributed by atoms with Crippen molar-refractivity contribution in [2.24, 2.45) is 0 Å². The maximum Gasteiger partial charge on any atom is 0.273 e. The van der Waals surface area contributed by atoms with Crippen LogP contribution in [0, 0.1) is 17.0 Å². The highest BCUT2D eigenvalue weighted by Crippen LogP contribution is 2.31. The molecule has 0 radical (unpaired) electrons. The molecule has 32 heavy (non-hydrogen) atoms. The summed E-state index contributed by atoms with van der Waals surface area (Å²) in [5, 5.41) is 11.3. The predicted molar refractivity (Wildman–Crippen MR) is 123 cm³/mol. The highest BCUT2D eigenvalue weighted by Gasteiger charge is 2.33. The van der Waals surface area contributed by atoms with Gasteiger partial charge in [0.2, 0.25) is 10.0 Å². The summed E-state index contributed by atoms with van der Waals surface area (Å²) in [7, 11) is -3.81. The first kappa shape index (κ1) is 22.1. The lowest BCUT2D eigenvalue weighted by Gasteiger charge is -2.39. The highest BCUT2D eigenvalue weighted by atomic mass is 32.2. The number of hydrogen-bond donors (Lipinski definition) is 0. The van der Waals surface area contributed by atoms with Gasteiger partial charge in [-0.25, -0.2) is 8.42 Å². The van der Waals surface area contributed by atoms with Gasteiger partial charge in [0.25, 0.3) is 5.69 Å². The van der Waals surface area contributed by atoms with Crippen molar-refractivity contribution in [3.05, 3.63) is 106 Å². The van der Waals surface area contributed by atoms with Gasteiger partial charge < -0.3 is 0 Å². The summed E-state index contributed by atoms with van der Waals surface area (Å²) in [5.74, 6) is 0. The van der Waals surface area contributed by atoms with Crippen molar-refractivity contribution < 1.29 is 13.3 Å². The van der Waals surface area contributed by atoms with Crippen LogP contribution >= 0.6 is 0 Å². The molecule has 0 bridgehead atoms. The summed E-state index contributed by atoms with van der Waals surface area (Å²) in [6.07, 6.45) is 0. The van der Waals surface area contributed by atoms with Crippen LogP contribution in [-0.2, 0) is 10.0 Å². The Hall–Kier alpha value is -3.07. The number of nitro benzene ring substituents is 1. The minimum atomic E-state index is -3.81. The smallest absolute Gasteiger partial charge is 0.273 e. The minimum absolute atomic E-state index is 0.0303. The molecule has 3 aromatic rings. The molecule has 8 heteroatoms. The molecule has 166 valence electrons. The van der Waals surface area contributed by atoms with E-state index >= 15 is 0 Å². The fourth-order valence-corrected chi connectivity index (χ4v) is 5.63. The molecule has 1 aliphatic rings. The second-order valence-electron chi connectivity index (χ2n) is 7.87. The van der Waals surface area contributed by atoms with Crippen LogP contribution in [0.5, 0.6) is 0 Å². The summed E-state index contributed by atoms with van der Waals surface area (Å²) in [5.41, 5.74) is 2.57. The summed E-state index contributed by atoms with van der Waals surface area (Å²) >= 11 is 0. The second kappa shape index (κ2) is 9.20. The van der Waals surface area contributed by atoms with Gasteiger partial charge in [-0.05, 0) is 24.1 Å². The Labute approximate surface area is 188 Å². The molecule has 0 unspecified atom stereocenters. The standard InChI is InChI=1S/C24H25N3O4S/c1-19-12-13-22(18-23(19)27(28)29)32(30,31)26-16-14-25(15-17-26)24(20-8-4-2-5-9-20)21-10-6-3-7-11-21/h2-13,18,24H,14-17H2,1H3. The fourth-order valence-electron chi connectivity index (χ4n) is 4.18. The summed E-state index contributed by atoms with van der Waals surface area (Å²) in [6.45, 7) is 3.35. The van der Waals surface area contributed by atoms with E-state index in [0.29, 0.717) is 31.7 Å². The Morgan fingerprint density at radius 2 is 1.38 bits per heavy atom. The Morgan fingerprint density at radius 1 is 0.844 bits per heavy atom. The highest BCUT2D eigenvalue weighted by molar-refractivity contribution is 7.89. The van der Waals surface area contributed by atoms with Gasteiger partial charge in [0.05, 0.1) is 15.9 Å². The van der Waals surface area contributed by atoms with Crippen molar-refractivity contribution >= 4 is 15.7 Å². The van der Waals surface area contributed by atoms with Crippen molar-refractivity contribution in [1.29, 1.82) is 0 Å². The Bertz CT molecular complexity index is 1150. The van der Waals surface area contributed by atoms with E-state index in [0.717, 1.165) is 17.2 Å². The van der Waals surface area contributed by atoms with Crippen molar-refractivity contribution in [1.82, 2.24) is 9.21 Å². The first-order valence-corrected chi connectivity index (χ1v) is 11.9. The lowest BCUT2D eigenvalue weighted by Crippen LogP contribution is -2.49. The Balaban J connectivity index is 1.56. The molecule has 0 atom stereocenters. The van der Waals surface area contributed by atoms with Crippen molar-refractivity contribution in [3.8, 4) is 0 Å². The third-order valence-corrected chi connectivity index (χ3v) is 7.78. The third kappa shape index (κ3) is 4.43. The minimum Gasteiger partial charge on any atom is -0.290 e. The zero-order valence-electron chi connectivity index (χ0n) is 17.8. The fraction of sp³-hybridized carbons (Fsp3) is 0.250. The van der Waals surface area contributed by atoms with Gasteiger partial charge in [0.15, 0.2) is 0 Å². The van der Waals surface area contributed by atoms with Crippen molar-refractivity contribution in [2.45, 2.75) is 17.9 Å². The van der Waals surface area contributed by atoms with Gasteiger partial charge in [-0.1, -0.05) is 66.7 Å². The van der Waals surface area contributed by atoms with Crippen LogP contribution in [0.25, 0.3) is 0 Å². The second-order valence-corrected chi connectivity index (χ2v) is 9.81. The van der Waals surface area contributed by atoms with Gasteiger partial charge >= 0.3 is 0 Å². The molecule has 0 saturated carbocycles. The monoisotopic (exact) mass is 451 g/mol. The van der Waals surface area contributed by atoms with Gasteiger partial charge in [-0.3, -0.25) is 15.0 Å². The normalized spacial score (nSPS) is 15.7. The molecule has 0 N–H and O–H groups in total. The van der Waals surface area contributed by atoms with E-state index in [2.05, 4.69) is 29.2 Å². The van der Waals surface area contributed by atoms with E-state index < -0.39 is 14.9 Å². The van der Waals surface area contributed by atoms with E-state index in [-0.39, 0.29) is 16.6 Å². The van der Waals surface area contributed by atoms with Crippen LogP contribution in [0.4, 0.5) is 5.69 Å². The molecule has 1 heterocycles. The topological polar surface area (TPSA) is 83.8 Å². The number of piperazine rings is 1. The number of nitro groups is 1. The van der Waals surface area contributed by atoms with Crippen molar-refractivity contribution in [2.75, 3.05) is 26.2 Å². The molecule has 0 spiro atoms. The Morgan fingerprint density at radius 3 is 1.88 bits per heavy atom. The molecule has 0 aromatic heterocycles. The zero-order valence-corrected chi connectivity index (χ0v) is 18.6. The van der Waals surface area contributed by atoms with Gasteiger partial charge in [0, 0.05) is 37.8 Å². The summed E-state index contributed by atoms with van der Waals surface area (Å²) in [4.78, 5) is 13.0. The van der Waals surface area contributed by atoms with Crippen LogP contribution in [-0.4, -0.2) is 48.7 Å². The quantitative estimate of drug-likeness (QED) is 0.418. The zero-order chi connectivity index (χ0) is 22.7. The molecule has 0 amide bonds. The SMILES string of the molecule is Cc1ccc(S(=O)(=O)N2CCN(C(c3ccccc3)c3ccccc3)CC2)cc1[N+](=O)[O-]. The summed E-state index contributed by atoms with van der Waals surface area (Å²) < 4.78 is 27.8. The van der Waals surface area contributed by atoms with Gasteiger partial charge in [-0.2, -0.15) is 4.31 Å². The lowest BCUT2D eigenvalue weighted by molar-refractivity contribution is -0.385. The maximum absolute atomic E-state index is 13.2. The van der Waals surface area contributed by atoms with E-state index in [1.807, 2.05) is 36.4 Å². The molecule has 7 nitrogen and oxygen atoms in total. The number of aryl methyl sites for hydroxylation is 1. The largest absolute Gasteiger partial charge is 0.290 e. The van der Waals surface area contributed by atoms with Crippen molar-refractivity contribution in [3.63, 3.8) is 0 Å². The summed E-state index contributed by atoms with van der Waals surface area (Å²) in [6, 6.07) is 24.5. The number of nitrogens with zero attached hydrogens (tertiary/aromatic N) is 3. The maximum atomic E-state index is 13.2. The van der Waals surface area contributed by atoms with Crippen LogP contribution in [0.1, 0.15) is 22.7 Å². The van der Waals surface area contributed by atoms with Crippen LogP contribution < -0.4 is 0 Å². The first-order valence-electron chi connectivity index (χ1n) is 10.5.